The lowest BCUT2D eigenvalue weighted by Crippen LogP contribution is -2.54. The van der Waals surface area contributed by atoms with E-state index in [2.05, 4.69) is 44.3 Å². The summed E-state index contributed by atoms with van der Waals surface area (Å²) in [5, 5.41) is 4.11. The van der Waals surface area contributed by atoms with Crippen LogP contribution in [0.3, 0.4) is 0 Å². The second kappa shape index (κ2) is 8.53. The maximum absolute atomic E-state index is 8.90. The van der Waals surface area contributed by atoms with Crippen molar-refractivity contribution in [1.29, 1.82) is 0 Å². The molecule has 0 saturated heterocycles. The number of azide groups is 1. The minimum absolute atomic E-state index is 0.259. The van der Waals surface area contributed by atoms with E-state index in [9.17, 15) is 0 Å². The van der Waals surface area contributed by atoms with Crippen molar-refractivity contribution in [3.8, 4) is 0 Å². The second-order valence-corrected chi connectivity index (χ2v) is 12.3. The molecule has 0 spiro atoms. The Labute approximate surface area is 185 Å². The predicted molar refractivity (Wildman–Crippen MR) is 126 cm³/mol. The SMILES string of the molecule is C=C(C)CCC[C@@H](C)[C@H]1CC[C@H]2[C@@H]3CC[C@H]4C[C@@H](N=[N+]=[N-])CC[C@]4(C)[C@H]3CC[C@]12C. The Balaban J connectivity index is 1.46. The van der Waals surface area contributed by atoms with E-state index in [1.54, 1.807) is 0 Å². The zero-order chi connectivity index (χ0) is 21.5. The van der Waals surface area contributed by atoms with Crippen LogP contribution in [0, 0.1) is 46.3 Å². The number of nitrogens with zero attached hydrogens (tertiary/aromatic N) is 3. The molecule has 0 bridgehead atoms. The van der Waals surface area contributed by atoms with E-state index < -0.39 is 0 Å². The summed E-state index contributed by atoms with van der Waals surface area (Å²) in [6, 6.07) is 0.259. The first kappa shape index (κ1) is 22.3. The second-order valence-electron chi connectivity index (χ2n) is 12.3. The highest BCUT2D eigenvalue weighted by Gasteiger charge is 2.60. The van der Waals surface area contributed by atoms with Gasteiger partial charge in [-0.1, -0.05) is 37.9 Å². The molecule has 0 radical (unpaired) electrons. The fourth-order valence-corrected chi connectivity index (χ4v) is 9.32. The van der Waals surface area contributed by atoms with E-state index in [0.29, 0.717) is 10.8 Å². The number of hydrogen-bond acceptors (Lipinski definition) is 1. The summed E-state index contributed by atoms with van der Waals surface area (Å²) < 4.78 is 0. The largest absolute Gasteiger partial charge is 0.100 e. The van der Waals surface area contributed by atoms with Crippen molar-refractivity contribution in [1.82, 2.24) is 0 Å². The van der Waals surface area contributed by atoms with Crippen LogP contribution >= 0.6 is 0 Å². The van der Waals surface area contributed by atoms with Crippen molar-refractivity contribution in [3.05, 3.63) is 22.6 Å². The molecule has 4 fully saturated rings. The Morgan fingerprint density at radius 3 is 2.53 bits per heavy atom. The molecule has 0 aromatic carbocycles. The van der Waals surface area contributed by atoms with Gasteiger partial charge in [0.2, 0.25) is 0 Å². The van der Waals surface area contributed by atoms with Gasteiger partial charge >= 0.3 is 0 Å². The molecule has 0 aromatic heterocycles. The Hall–Kier alpha value is -0.950. The molecule has 3 nitrogen and oxygen atoms in total. The zero-order valence-corrected chi connectivity index (χ0v) is 20.1. The van der Waals surface area contributed by atoms with Gasteiger partial charge in [-0.05, 0) is 129 Å². The first-order valence-corrected chi connectivity index (χ1v) is 13.0. The molecule has 0 unspecified atom stereocenters. The Kier molecular flexibility index (Phi) is 6.33. The van der Waals surface area contributed by atoms with Crippen molar-refractivity contribution >= 4 is 0 Å². The van der Waals surface area contributed by atoms with Gasteiger partial charge in [0, 0.05) is 11.0 Å². The fourth-order valence-electron chi connectivity index (χ4n) is 9.32. The highest BCUT2D eigenvalue weighted by Crippen LogP contribution is 2.68. The summed E-state index contributed by atoms with van der Waals surface area (Å²) in [4.78, 5) is 3.13. The standard InChI is InChI=1S/C27H45N3/c1-18(2)7-6-8-19(3)23-11-12-24-22-10-9-20-17-21(29-30-28)13-15-26(20,4)25(22)14-16-27(23,24)5/h19-25H,1,6-17H2,2-5H3/t19-,20+,21+,22+,23-,24+,25+,26+,27-/m1/s1. The first-order valence-electron chi connectivity index (χ1n) is 13.0. The Morgan fingerprint density at radius 1 is 1.07 bits per heavy atom. The molecule has 0 aromatic rings. The highest BCUT2D eigenvalue weighted by atomic mass is 15.1. The lowest BCUT2D eigenvalue weighted by atomic mass is 9.44. The maximum atomic E-state index is 8.90. The van der Waals surface area contributed by atoms with Crippen LogP contribution in [0.2, 0.25) is 0 Å². The summed E-state index contributed by atoms with van der Waals surface area (Å²) in [5.74, 6) is 5.40. The third kappa shape index (κ3) is 3.74. The summed E-state index contributed by atoms with van der Waals surface area (Å²) in [7, 11) is 0. The van der Waals surface area contributed by atoms with Crippen LogP contribution in [0.15, 0.2) is 17.3 Å². The quantitative estimate of drug-likeness (QED) is 0.182. The fraction of sp³-hybridized carbons (Fsp3) is 0.926. The van der Waals surface area contributed by atoms with E-state index in [1.807, 2.05) is 0 Å². The molecular weight excluding hydrogens is 366 g/mol. The van der Waals surface area contributed by atoms with Crippen LogP contribution in [0.25, 0.3) is 10.4 Å². The van der Waals surface area contributed by atoms with Crippen LogP contribution in [-0.4, -0.2) is 6.04 Å². The van der Waals surface area contributed by atoms with Crippen molar-refractivity contribution in [2.75, 3.05) is 0 Å². The molecule has 168 valence electrons. The van der Waals surface area contributed by atoms with Crippen LogP contribution in [0.4, 0.5) is 0 Å². The molecular formula is C27H45N3. The first-order chi connectivity index (χ1) is 14.3. The number of fused-ring (bicyclic) bond motifs is 5. The minimum atomic E-state index is 0.259. The van der Waals surface area contributed by atoms with Gasteiger partial charge in [-0.3, -0.25) is 0 Å². The molecule has 0 N–H and O–H groups in total. The van der Waals surface area contributed by atoms with Gasteiger partial charge in [-0.15, -0.1) is 6.58 Å². The van der Waals surface area contributed by atoms with Crippen molar-refractivity contribution in [2.24, 2.45) is 51.5 Å². The lowest BCUT2D eigenvalue weighted by Gasteiger charge is -2.61. The summed E-state index contributed by atoms with van der Waals surface area (Å²) in [5.41, 5.74) is 11.3. The van der Waals surface area contributed by atoms with Crippen LogP contribution in [0.5, 0.6) is 0 Å². The van der Waals surface area contributed by atoms with Gasteiger partial charge in [0.25, 0.3) is 0 Å². The predicted octanol–water partition coefficient (Wildman–Crippen LogP) is 8.71. The van der Waals surface area contributed by atoms with Gasteiger partial charge in [-0.25, -0.2) is 0 Å². The number of rotatable bonds is 6. The van der Waals surface area contributed by atoms with Crippen LogP contribution < -0.4 is 0 Å². The van der Waals surface area contributed by atoms with Gasteiger partial charge in [0.05, 0.1) is 0 Å². The lowest BCUT2D eigenvalue weighted by molar-refractivity contribution is -0.116. The third-order valence-corrected chi connectivity index (χ3v) is 10.9. The molecule has 4 rings (SSSR count). The van der Waals surface area contributed by atoms with E-state index in [4.69, 9.17) is 5.53 Å². The average molecular weight is 412 g/mol. The molecule has 0 amide bonds. The van der Waals surface area contributed by atoms with E-state index in [1.165, 1.54) is 69.8 Å². The summed E-state index contributed by atoms with van der Waals surface area (Å²) in [6.45, 7) is 14.1. The highest BCUT2D eigenvalue weighted by molar-refractivity contribution is 5.10. The van der Waals surface area contributed by atoms with Gasteiger partial charge in [0.15, 0.2) is 0 Å². The molecule has 4 aliphatic rings. The minimum Gasteiger partial charge on any atom is -0.100 e. The van der Waals surface area contributed by atoms with Gasteiger partial charge < -0.3 is 0 Å². The van der Waals surface area contributed by atoms with E-state index >= 15 is 0 Å². The molecule has 0 aliphatic heterocycles. The molecule has 4 aliphatic carbocycles. The molecule has 4 saturated carbocycles. The summed E-state index contributed by atoms with van der Waals surface area (Å²) in [6.07, 6.45) is 16.1. The molecule has 9 atom stereocenters. The number of hydrogen-bond donors (Lipinski definition) is 0. The summed E-state index contributed by atoms with van der Waals surface area (Å²) >= 11 is 0. The monoisotopic (exact) mass is 411 g/mol. The average Bonchev–Trinajstić information content (AvgIpc) is 3.05. The molecule has 3 heteroatoms. The normalized spacial score (nSPS) is 46.1. The van der Waals surface area contributed by atoms with Crippen molar-refractivity contribution < 1.29 is 0 Å². The number of allylic oxidation sites excluding steroid dienone is 1. The van der Waals surface area contributed by atoms with Crippen LogP contribution in [-0.2, 0) is 0 Å². The molecule has 0 heterocycles. The molecule has 30 heavy (non-hydrogen) atoms. The smallest absolute Gasteiger partial charge is 0.0377 e. The van der Waals surface area contributed by atoms with Crippen molar-refractivity contribution in [3.63, 3.8) is 0 Å². The third-order valence-electron chi connectivity index (χ3n) is 10.9. The van der Waals surface area contributed by atoms with Gasteiger partial charge in [-0.2, -0.15) is 0 Å². The van der Waals surface area contributed by atoms with E-state index in [-0.39, 0.29) is 6.04 Å². The maximum Gasteiger partial charge on any atom is 0.0377 e. The topological polar surface area (TPSA) is 48.8 Å². The van der Waals surface area contributed by atoms with Crippen LogP contribution in [0.1, 0.15) is 105 Å². The van der Waals surface area contributed by atoms with Gasteiger partial charge in [0.1, 0.15) is 0 Å². The van der Waals surface area contributed by atoms with E-state index in [0.717, 1.165) is 48.3 Å². The Bertz CT molecular complexity index is 694. The Morgan fingerprint density at radius 2 is 1.80 bits per heavy atom. The zero-order valence-electron chi connectivity index (χ0n) is 20.1. The van der Waals surface area contributed by atoms with Crippen molar-refractivity contribution in [2.45, 2.75) is 111 Å².